The SMILES string of the molecule is O=C1Nc2ccccc2NC12CCN([C@H]1CCSC1)CC2. The molecule has 1 atom stereocenters. The van der Waals surface area contributed by atoms with Gasteiger partial charge in [0.05, 0.1) is 11.4 Å². The molecule has 3 heterocycles. The summed E-state index contributed by atoms with van der Waals surface area (Å²) in [6.07, 6.45) is 3.10. The Bertz CT molecular complexity index is 548. The Labute approximate surface area is 129 Å². The number of carbonyl (C=O) groups excluding carboxylic acids is 1. The Morgan fingerprint density at radius 3 is 2.67 bits per heavy atom. The minimum Gasteiger partial charge on any atom is -0.369 e. The summed E-state index contributed by atoms with van der Waals surface area (Å²) in [7, 11) is 0. The van der Waals surface area contributed by atoms with Crippen LogP contribution in [0.2, 0.25) is 0 Å². The number of hydrogen-bond acceptors (Lipinski definition) is 4. The van der Waals surface area contributed by atoms with Crippen LogP contribution in [0.4, 0.5) is 11.4 Å². The first kappa shape index (κ1) is 13.5. The van der Waals surface area contributed by atoms with Crippen LogP contribution in [0.25, 0.3) is 0 Å². The van der Waals surface area contributed by atoms with Gasteiger partial charge in [-0.25, -0.2) is 0 Å². The molecule has 4 rings (SSSR count). The van der Waals surface area contributed by atoms with Crippen LogP contribution in [0.5, 0.6) is 0 Å². The number of fused-ring (bicyclic) bond motifs is 1. The molecule has 1 amide bonds. The molecule has 0 aromatic heterocycles. The maximum atomic E-state index is 12.6. The maximum Gasteiger partial charge on any atom is 0.250 e. The molecule has 21 heavy (non-hydrogen) atoms. The molecule has 0 radical (unpaired) electrons. The molecular formula is C16H21N3OS. The summed E-state index contributed by atoms with van der Waals surface area (Å²) in [5.74, 6) is 2.69. The zero-order valence-electron chi connectivity index (χ0n) is 12.1. The van der Waals surface area contributed by atoms with Crippen molar-refractivity contribution in [3.8, 4) is 0 Å². The van der Waals surface area contributed by atoms with Crippen molar-refractivity contribution in [2.45, 2.75) is 30.8 Å². The van der Waals surface area contributed by atoms with Crippen molar-refractivity contribution >= 4 is 29.0 Å². The van der Waals surface area contributed by atoms with Gasteiger partial charge in [-0.15, -0.1) is 0 Å². The molecule has 1 aromatic rings. The molecular weight excluding hydrogens is 282 g/mol. The van der Waals surface area contributed by atoms with Crippen molar-refractivity contribution in [1.29, 1.82) is 0 Å². The molecule has 0 saturated carbocycles. The molecule has 3 aliphatic heterocycles. The van der Waals surface area contributed by atoms with Gasteiger partial charge in [0.15, 0.2) is 0 Å². The van der Waals surface area contributed by atoms with Crippen LogP contribution in [0, 0.1) is 0 Å². The van der Waals surface area contributed by atoms with Gasteiger partial charge in [0.25, 0.3) is 0 Å². The molecule has 1 aromatic carbocycles. The van der Waals surface area contributed by atoms with Crippen LogP contribution in [0.3, 0.4) is 0 Å². The number of rotatable bonds is 1. The third kappa shape index (κ3) is 2.32. The second-order valence-corrected chi connectivity index (χ2v) is 7.41. The highest BCUT2D eigenvalue weighted by atomic mass is 32.2. The van der Waals surface area contributed by atoms with E-state index in [4.69, 9.17) is 0 Å². The number of thioether (sulfide) groups is 1. The fraction of sp³-hybridized carbons (Fsp3) is 0.562. The van der Waals surface area contributed by atoms with E-state index in [9.17, 15) is 4.79 Å². The van der Waals surface area contributed by atoms with E-state index in [1.807, 2.05) is 18.2 Å². The van der Waals surface area contributed by atoms with E-state index in [-0.39, 0.29) is 5.91 Å². The zero-order valence-corrected chi connectivity index (χ0v) is 12.9. The Morgan fingerprint density at radius 1 is 1.19 bits per heavy atom. The van der Waals surface area contributed by atoms with Gasteiger partial charge < -0.3 is 10.6 Å². The van der Waals surface area contributed by atoms with Crippen molar-refractivity contribution in [1.82, 2.24) is 4.90 Å². The van der Waals surface area contributed by atoms with Crippen LogP contribution in [0.15, 0.2) is 24.3 Å². The van der Waals surface area contributed by atoms with E-state index in [1.165, 1.54) is 17.9 Å². The predicted molar refractivity (Wildman–Crippen MR) is 88.0 cm³/mol. The van der Waals surface area contributed by atoms with Crippen molar-refractivity contribution in [3.63, 3.8) is 0 Å². The number of likely N-dealkylation sites (tertiary alicyclic amines) is 1. The summed E-state index contributed by atoms with van der Waals surface area (Å²) in [6, 6.07) is 8.71. The average molecular weight is 303 g/mol. The summed E-state index contributed by atoms with van der Waals surface area (Å²) >= 11 is 2.06. The molecule has 1 spiro atoms. The second kappa shape index (κ2) is 5.21. The van der Waals surface area contributed by atoms with E-state index >= 15 is 0 Å². The first-order valence-electron chi connectivity index (χ1n) is 7.77. The number of amides is 1. The quantitative estimate of drug-likeness (QED) is 0.836. The number of anilines is 2. The summed E-state index contributed by atoms with van der Waals surface area (Å²) in [5.41, 5.74) is 1.56. The van der Waals surface area contributed by atoms with Crippen LogP contribution in [-0.4, -0.2) is 47.0 Å². The lowest BCUT2D eigenvalue weighted by Gasteiger charge is -2.45. The van der Waals surface area contributed by atoms with Gasteiger partial charge in [-0.1, -0.05) is 12.1 Å². The number of para-hydroxylation sites is 2. The van der Waals surface area contributed by atoms with Gasteiger partial charge in [-0.2, -0.15) is 11.8 Å². The summed E-state index contributed by atoms with van der Waals surface area (Å²) in [6.45, 7) is 2.04. The number of nitrogens with zero attached hydrogens (tertiary/aromatic N) is 1. The molecule has 2 fully saturated rings. The maximum absolute atomic E-state index is 12.6. The highest BCUT2D eigenvalue weighted by Crippen LogP contribution is 2.37. The van der Waals surface area contributed by atoms with Gasteiger partial charge in [-0.05, 0) is 37.1 Å². The Hall–Kier alpha value is -1.20. The fourth-order valence-corrected chi connectivity index (χ4v) is 4.95. The number of nitrogens with one attached hydrogen (secondary N) is 2. The number of hydrogen-bond donors (Lipinski definition) is 2. The molecule has 4 nitrogen and oxygen atoms in total. The zero-order chi connectivity index (χ0) is 14.3. The normalized spacial score (nSPS) is 28.0. The molecule has 0 unspecified atom stereocenters. The minimum atomic E-state index is -0.406. The first-order valence-corrected chi connectivity index (χ1v) is 8.93. The van der Waals surface area contributed by atoms with Gasteiger partial charge in [0, 0.05) is 24.9 Å². The van der Waals surface area contributed by atoms with Crippen LogP contribution < -0.4 is 10.6 Å². The van der Waals surface area contributed by atoms with E-state index in [0.29, 0.717) is 0 Å². The molecule has 112 valence electrons. The van der Waals surface area contributed by atoms with Crippen LogP contribution in [-0.2, 0) is 4.79 Å². The van der Waals surface area contributed by atoms with Gasteiger partial charge >= 0.3 is 0 Å². The molecule has 2 saturated heterocycles. The minimum absolute atomic E-state index is 0.140. The van der Waals surface area contributed by atoms with Gasteiger partial charge in [0.2, 0.25) is 5.91 Å². The molecule has 0 bridgehead atoms. The molecule has 5 heteroatoms. The lowest BCUT2D eigenvalue weighted by Crippen LogP contribution is -2.59. The summed E-state index contributed by atoms with van der Waals surface area (Å²) in [4.78, 5) is 15.1. The molecule has 2 N–H and O–H groups in total. The standard InChI is InChI=1S/C16H21N3OS/c20-15-16(18-14-4-2-1-3-13(14)17-15)6-8-19(9-7-16)12-5-10-21-11-12/h1-4,12,18H,5-11H2,(H,17,20)/t12-/m0/s1. The van der Waals surface area contributed by atoms with Crippen molar-refractivity contribution in [3.05, 3.63) is 24.3 Å². The monoisotopic (exact) mass is 303 g/mol. The Balaban J connectivity index is 1.50. The van der Waals surface area contributed by atoms with E-state index < -0.39 is 5.54 Å². The molecule has 0 aliphatic carbocycles. The van der Waals surface area contributed by atoms with Crippen molar-refractivity contribution in [2.75, 3.05) is 35.2 Å². The van der Waals surface area contributed by atoms with Crippen molar-refractivity contribution in [2.24, 2.45) is 0 Å². The average Bonchev–Trinajstić information content (AvgIpc) is 3.04. The van der Waals surface area contributed by atoms with Crippen LogP contribution in [0.1, 0.15) is 19.3 Å². The third-order valence-electron chi connectivity index (χ3n) is 5.06. The lowest BCUT2D eigenvalue weighted by molar-refractivity contribution is -0.122. The number of carbonyl (C=O) groups is 1. The lowest BCUT2D eigenvalue weighted by atomic mass is 9.84. The van der Waals surface area contributed by atoms with E-state index in [2.05, 4.69) is 33.4 Å². The Kier molecular flexibility index (Phi) is 3.34. The highest BCUT2D eigenvalue weighted by Gasteiger charge is 2.45. The molecule has 3 aliphatic rings. The smallest absolute Gasteiger partial charge is 0.250 e. The third-order valence-corrected chi connectivity index (χ3v) is 6.20. The topological polar surface area (TPSA) is 44.4 Å². The fourth-order valence-electron chi connectivity index (χ4n) is 3.69. The highest BCUT2D eigenvalue weighted by molar-refractivity contribution is 7.99. The summed E-state index contributed by atoms with van der Waals surface area (Å²) in [5, 5.41) is 6.61. The van der Waals surface area contributed by atoms with Crippen LogP contribution >= 0.6 is 11.8 Å². The second-order valence-electron chi connectivity index (χ2n) is 6.26. The van der Waals surface area contributed by atoms with E-state index in [1.54, 1.807) is 0 Å². The van der Waals surface area contributed by atoms with Gasteiger partial charge in [0.1, 0.15) is 5.54 Å². The predicted octanol–water partition coefficient (Wildman–Crippen LogP) is 2.39. The Morgan fingerprint density at radius 2 is 1.95 bits per heavy atom. The van der Waals surface area contributed by atoms with Gasteiger partial charge in [-0.3, -0.25) is 9.69 Å². The number of piperidine rings is 1. The summed E-state index contributed by atoms with van der Waals surface area (Å²) < 4.78 is 0. The van der Waals surface area contributed by atoms with E-state index in [0.717, 1.165) is 43.3 Å². The first-order chi connectivity index (χ1) is 10.3. The van der Waals surface area contributed by atoms with Crippen molar-refractivity contribution < 1.29 is 4.79 Å². The number of benzene rings is 1. The largest absolute Gasteiger partial charge is 0.369 e.